The summed E-state index contributed by atoms with van der Waals surface area (Å²) in [5, 5.41) is 0. The molecule has 0 N–H and O–H groups in total. The molecule has 0 saturated carbocycles. The number of nitrogens with zero attached hydrogens (tertiary/aromatic N) is 3. The fourth-order valence-corrected chi connectivity index (χ4v) is 2.19. The first-order valence-electron chi connectivity index (χ1n) is 6.88. The minimum Gasteiger partial charge on any atom is -0.237 e. The Morgan fingerprint density at radius 1 is 0.833 bits per heavy atom. The van der Waals surface area contributed by atoms with Gasteiger partial charge in [-0.05, 0) is 11.8 Å². The molecule has 1 aromatic rings. The summed E-state index contributed by atoms with van der Waals surface area (Å²) in [6, 6.07) is 0. The summed E-state index contributed by atoms with van der Waals surface area (Å²) in [6.45, 7) is 13.0. The van der Waals surface area contributed by atoms with E-state index in [-0.39, 0.29) is 0 Å². The van der Waals surface area contributed by atoms with Crippen LogP contribution < -0.4 is 0 Å². The zero-order valence-corrected chi connectivity index (χ0v) is 12.3. The monoisotopic (exact) mass is 245 g/mol. The quantitative estimate of drug-likeness (QED) is 0.807. The lowest BCUT2D eigenvalue weighted by molar-refractivity contribution is 0.723. The highest BCUT2D eigenvalue weighted by Crippen LogP contribution is 2.33. The predicted octanol–water partition coefficient (Wildman–Crippen LogP) is 4.01. The van der Waals surface area contributed by atoms with Crippen LogP contribution in [0.2, 0.25) is 0 Å². The molecule has 18 heavy (non-hydrogen) atoms. The van der Waals surface area contributed by atoms with E-state index in [0.717, 1.165) is 18.1 Å². The normalized spacial score (nSPS) is 14.6. The zero-order chi connectivity index (χ0) is 13.4. The summed E-state index contributed by atoms with van der Waals surface area (Å²) >= 11 is 0. The van der Waals surface area contributed by atoms with Crippen LogP contribution in [0.1, 0.15) is 70.5 Å². The van der Waals surface area contributed by atoms with Gasteiger partial charge in [0.05, 0.1) is 5.69 Å². The smallest absolute Gasteiger partial charge is 0.159 e. The number of rotatable bonds is 3. The Labute approximate surface area is 110 Å². The summed E-state index contributed by atoms with van der Waals surface area (Å²) in [5.74, 6) is 3.11. The van der Waals surface area contributed by atoms with Crippen LogP contribution in [0.4, 0.5) is 5.82 Å². The van der Waals surface area contributed by atoms with Crippen LogP contribution in [0, 0.1) is 5.92 Å². The summed E-state index contributed by atoms with van der Waals surface area (Å²) in [7, 11) is 0. The van der Waals surface area contributed by atoms with Crippen LogP contribution in [0.5, 0.6) is 0 Å². The fourth-order valence-electron chi connectivity index (χ4n) is 2.19. The van der Waals surface area contributed by atoms with E-state index in [4.69, 9.17) is 9.98 Å². The van der Waals surface area contributed by atoms with Gasteiger partial charge in [0, 0.05) is 23.6 Å². The molecule has 0 bridgehead atoms. The molecule has 1 aromatic heterocycles. The Morgan fingerprint density at radius 3 is 2.00 bits per heavy atom. The molecule has 2 rings (SSSR count). The second-order valence-corrected chi connectivity index (χ2v) is 6.01. The maximum Gasteiger partial charge on any atom is 0.159 e. The lowest BCUT2D eigenvalue weighted by Gasteiger charge is -2.13. The number of aromatic nitrogens is 2. The molecule has 0 aromatic carbocycles. The maximum absolute atomic E-state index is 4.75. The molecule has 0 fully saturated rings. The molecule has 0 amide bonds. The molecule has 0 atom stereocenters. The van der Waals surface area contributed by atoms with E-state index >= 15 is 0 Å². The van der Waals surface area contributed by atoms with E-state index in [1.165, 1.54) is 17.0 Å². The minimum absolute atomic E-state index is 0.353. The fraction of sp³-hybridized carbons (Fsp3) is 0.667. The highest BCUT2D eigenvalue weighted by Gasteiger charge is 2.25. The van der Waals surface area contributed by atoms with Crippen LogP contribution in [-0.2, 0) is 6.42 Å². The van der Waals surface area contributed by atoms with E-state index < -0.39 is 0 Å². The minimum atomic E-state index is 0.353. The first-order chi connectivity index (χ1) is 8.40. The molecule has 1 aliphatic heterocycles. The molecule has 2 heterocycles. The molecule has 3 heteroatoms. The molecule has 0 unspecified atom stereocenters. The Morgan fingerprint density at radius 2 is 1.50 bits per heavy atom. The Bertz CT molecular complexity index is 485. The first-order valence-corrected chi connectivity index (χ1v) is 6.88. The van der Waals surface area contributed by atoms with Crippen LogP contribution in [0.25, 0.3) is 0 Å². The molecule has 0 spiro atoms. The van der Waals surface area contributed by atoms with Gasteiger partial charge < -0.3 is 0 Å². The third-order valence-corrected chi connectivity index (χ3v) is 3.37. The van der Waals surface area contributed by atoms with Gasteiger partial charge in [0.2, 0.25) is 0 Å². The third-order valence-electron chi connectivity index (χ3n) is 3.37. The second-order valence-electron chi connectivity index (χ2n) is 6.01. The van der Waals surface area contributed by atoms with E-state index in [1.807, 2.05) is 0 Å². The average molecular weight is 245 g/mol. The van der Waals surface area contributed by atoms with Crippen molar-refractivity contribution in [3.05, 3.63) is 17.1 Å². The van der Waals surface area contributed by atoms with Crippen LogP contribution in [-0.4, -0.2) is 15.7 Å². The van der Waals surface area contributed by atoms with Gasteiger partial charge in [0.15, 0.2) is 5.82 Å². The Hall–Kier alpha value is -1.25. The topological polar surface area (TPSA) is 38.1 Å². The van der Waals surface area contributed by atoms with Crippen molar-refractivity contribution in [2.24, 2.45) is 10.9 Å². The van der Waals surface area contributed by atoms with E-state index in [2.05, 4.69) is 46.5 Å². The van der Waals surface area contributed by atoms with Crippen molar-refractivity contribution in [1.82, 2.24) is 9.97 Å². The molecular formula is C15H23N3. The predicted molar refractivity (Wildman–Crippen MR) is 75.8 cm³/mol. The van der Waals surface area contributed by atoms with E-state index in [0.29, 0.717) is 17.8 Å². The Kier molecular flexibility index (Phi) is 3.51. The summed E-state index contributed by atoms with van der Waals surface area (Å²) in [6.07, 6.45) is 0.929. The highest BCUT2D eigenvalue weighted by molar-refractivity contribution is 5.94. The van der Waals surface area contributed by atoms with Crippen molar-refractivity contribution in [3.8, 4) is 0 Å². The van der Waals surface area contributed by atoms with Gasteiger partial charge in [-0.25, -0.2) is 15.0 Å². The van der Waals surface area contributed by atoms with E-state index in [1.54, 1.807) is 0 Å². The van der Waals surface area contributed by atoms with Gasteiger partial charge in [-0.1, -0.05) is 41.5 Å². The van der Waals surface area contributed by atoms with Crippen LogP contribution in [0.3, 0.4) is 0 Å². The SMILES string of the molecule is CC(C)C1=Nc2nc(C(C)C)nc(C(C)C)c2C1. The van der Waals surface area contributed by atoms with Gasteiger partial charge >= 0.3 is 0 Å². The molecule has 98 valence electrons. The van der Waals surface area contributed by atoms with Crippen molar-refractivity contribution in [1.29, 1.82) is 0 Å². The summed E-state index contributed by atoms with van der Waals surface area (Å²) < 4.78 is 0. The lowest BCUT2D eigenvalue weighted by atomic mass is 9.97. The highest BCUT2D eigenvalue weighted by atomic mass is 15.0. The van der Waals surface area contributed by atoms with Crippen molar-refractivity contribution < 1.29 is 0 Å². The standard InChI is InChI=1S/C15H23N3/c1-8(2)12-7-11-13(9(3)4)17-14(10(5)6)18-15(11)16-12/h8-10H,7H2,1-6H3. The van der Waals surface area contributed by atoms with Gasteiger partial charge in [0.1, 0.15) is 5.82 Å². The van der Waals surface area contributed by atoms with Gasteiger partial charge in [0.25, 0.3) is 0 Å². The molecule has 3 nitrogen and oxygen atoms in total. The summed E-state index contributed by atoms with van der Waals surface area (Å²) in [5.41, 5.74) is 3.67. The van der Waals surface area contributed by atoms with Crippen LogP contribution in [0.15, 0.2) is 4.99 Å². The average Bonchev–Trinajstić information content (AvgIpc) is 2.70. The second kappa shape index (κ2) is 4.79. The van der Waals surface area contributed by atoms with Crippen molar-refractivity contribution in [2.45, 2.75) is 59.8 Å². The molecular weight excluding hydrogens is 222 g/mol. The Balaban J connectivity index is 2.51. The van der Waals surface area contributed by atoms with Gasteiger partial charge in [-0.2, -0.15) is 0 Å². The number of fused-ring (bicyclic) bond motifs is 1. The summed E-state index contributed by atoms with van der Waals surface area (Å²) in [4.78, 5) is 14.1. The van der Waals surface area contributed by atoms with Crippen LogP contribution >= 0.6 is 0 Å². The largest absolute Gasteiger partial charge is 0.237 e. The zero-order valence-electron chi connectivity index (χ0n) is 12.3. The number of hydrogen-bond acceptors (Lipinski definition) is 3. The molecule has 0 aliphatic carbocycles. The van der Waals surface area contributed by atoms with Crippen molar-refractivity contribution >= 4 is 11.5 Å². The molecule has 1 aliphatic rings. The lowest BCUT2D eigenvalue weighted by Crippen LogP contribution is -2.10. The van der Waals surface area contributed by atoms with Crippen molar-refractivity contribution in [3.63, 3.8) is 0 Å². The van der Waals surface area contributed by atoms with Gasteiger partial charge in [-0.3, -0.25) is 0 Å². The van der Waals surface area contributed by atoms with E-state index in [9.17, 15) is 0 Å². The maximum atomic E-state index is 4.75. The number of aliphatic imine (C=N–C) groups is 1. The first kappa shape index (κ1) is 13.2. The van der Waals surface area contributed by atoms with Gasteiger partial charge in [-0.15, -0.1) is 0 Å². The molecule has 0 radical (unpaired) electrons. The molecule has 0 saturated heterocycles. The van der Waals surface area contributed by atoms with Crippen molar-refractivity contribution in [2.75, 3.05) is 0 Å². The number of hydrogen-bond donors (Lipinski definition) is 0. The third kappa shape index (κ3) is 2.31.